The van der Waals surface area contributed by atoms with Gasteiger partial charge in [0, 0.05) is 0 Å². The summed E-state index contributed by atoms with van der Waals surface area (Å²) in [6.07, 6.45) is 1.02. The van der Waals surface area contributed by atoms with Gasteiger partial charge in [-0.05, 0) is 11.1 Å². The van der Waals surface area contributed by atoms with E-state index >= 15 is 0 Å². The molecule has 0 spiro atoms. The molecule has 6 heteroatoms. The summed E-state index contributed by atoms with van der Waals surface area (Å²) in [5.41, 5.74) is 1.45. The molecule has 0 fully saturated rings. The molecule has 0 aliphatic heterocycles. The fourth-order valence-electron chi connectivity index (χ4n) is 2.33. The number of carboxylic acid groups (broad SMARTS) is 1. The Morgan fingerprint density at radius 3 is 1.73 bits per heavy atom. The molecule has 0 radical (unpaired) electrons. The quantitative estimate of drug-likeness (QED) is 0.885. The zero-order valence-electron chi connectivity index (χ0n) is 12.1. The van der Waals surface area contributed by atoms with Gasteiger partial charge in [-0.1, -0.05) is 60.7 Å². The van der Waals surface area contributed by atoms with Gasteiger partial charge < -0.3 is 5.11 Å². The maximum absolute atomic E-state index is 12.1. The number of rotatable bonds is 6. The summed E-state index contributed by atoms with van der Waals surface area (Å²) in [4.78, 5) is 11.1. The third kappa shape index (κ3) is 3.93. The predicted octanol–water partition coefficient (Wildman–Crippen LogP) is 2.12. The summed E-state index contributed by atoms with van der Waals surface area (Å²) in [5.74, 6) is -1.19. The molecule has 2 aromatic rings. The van der Waals surface area contributed by atoms with Crippen LogP contribution in [0.5, 0.6) is 0 Å². The molecule has 0 amide bonds. The number of carbonyl (C=O) groups is 1. The fourth-order valence-corrected chi connectivity index (χ4v) is 3.30. The molecule has 0 saturated carbocycles. The van der Waals surface area contributed by atoms with Gasteiger partial charge in [0.1, 0.15) is 6.54 Å². The molecule has 116 valence electrons. The highest BCUT2D eigenvalue weighted by molar-refractivity contribution is 7.88. The van der Waals surface area contributed by atoms with E-state index in [1.165, 1.54) is 0 Å². The maximum Gasteiger partial charge on any atom is 0.318 e. The van der Waals surface area contributed by atoms with Crippen molar-refractivity contribution in [3.8, 4) is 0 Å². The van der Waals surface area contributed by atoms with Gasteiger partial charge >= 0.3 is 5.97 Å². The molecule has 0 heterocycles. The predicted molar refractivity (Wildman–Crippen MR) is 83.9 cm³/mol. The number of aliphatic carboxylic acids is 1. The zero-order chi connectivity index (χ0) is 16.2. The van der Waals surface area contributed by atoms with Gasteiger partial charge in [-0.2, -0.15) is 4.31 Å². The number of sulfonamides is 1. The molecular formula is C16H17NO4S. The number of carboxylic acids is 1. The Morgan fingerprint density at radius 1 is 1.00 bits per heavy atom. The first-order valence-corrected chi connectivity index (χ1v) is 8.53. The summed E-state index contributed by atoms with van der Waals surface area (Å²) in [6, 6.07) is 17.3. The zero-order valence-corrected chi connectivity index (χ0v) is 12.9. The molecule has 22 heavy (non-hydrogen) atoms. The van der Waals surface area contributed by atoms with Crippen molar-refractivity contribution in [1.29, 1.82) is 0 Å². The third-order valence-electron chi connectivity index (χ3n) is 3.24. The van der Waals surface area contributed by atoms with Crippen LogP contribution in [-0.2, 0) is 14.8 Å². The van der Waals surface area contributed by atoms with Crippen LogP contribution in [0, 0.1) is 0 Å². The van der Waals surface area contributed by atoms with E-state index in [0.717, 1.165) is 21.7 Å². The van der Waals surface area contributed by atoms with E-state index < -0.39 is 28.6 Å². The van der Waals surface area contributed by atoms with E-state index in [0.29, 0.717) is 0 Å². The first-order valence-electron chi connectivity index (χ1n) is 6.68. The van der Waals surface area contributed by atoms with E-state index in [1.807, 2.05) is 12.1 Å². The number of hydrogen-bond acceptors (Lipinski definition) is 3. The summed E-state index contributed by atoms with van der Waals surface area (Å²) in [6.45, 7) is -0.590. The van der Waals surface area contributed by atoms with E-state index in [-0.39, 0.29) is 0 Å². The largest absolute Gasteiger partial charge is 0.480 e. The van der Waals surface area contributed by atoms with Crippen LogP contribution in [0.25, 0.3) is 0 Å². The third-order valence-corrected chi connectivity index (χ3v) is 4.43. The van der Waals surface area contributed by atoms with Crippen LogP contribution < -0.4 is 0 Å². The first kappa shape index (κ1) is 16.2. The second-order valence-electron chi connectivity index (χ2n) is 4.93. The van der Waals surface area contributed by atoms with Crippen molar-refractivity contribution in [2.75, 3.05) is 12.8 Å². The van der Waals surface area contributed by atoms with Gasteiger partial charge in [0.05, 0.1) is 12.3 Å². The fraction of sp³-hybridized carbons (Fsp3) is 0.188. The Bertz CT molecular complexity index is 690. The standard InChI is InChI=1S/C16H17NO4S/c1-22(20,21)17(12-15(18)19)16(13-8-4-2-5-9-13)14-10-6-3-7-11-14/h2-11,16H,12H2,1H3,(H,18,19). The van der Waals surface area contributed by atoms with Crippen molar-refractivity contribution in [2.45, 2.75) is 6.04 Å². The average Bonchev–Trinajstić information content (AvgIpc) is 2.47. The van der Waals surface area contributed by atoms with Crippen molar-refractivity contribution in [1.82, 2.24) is 4.31 Å². The Balaban J connectivity index is 2.58. The summed E-state index contributed by atoms with van der Waals surface area (Å²) >= 11 is 0. The van der Waals surface area contributed by atoms with Gasteiger partial charge in [0.15, 0.2) is 0 Å². The number of benzene rings is 2. The molecule has 0 aliphatic rings. The van der Waals surface area contributed by atoms with E-state index in [4.69, 9.17) is 5.11 Å². The van der Waals surface area contributed by atoms with Crippen molar-refractivity contribution >= 4 is 16.0 Å². The topological polar surface area (TPSA) is 74.7 Å². The van der Waals surface area contributed by atoms with Gasteiger partial charge in [0.25, 0.3) is 0 Å². The van der Waals surface area contributed by atoms with Gasteiger partial charge in [0.2, 0.25) is 10.0 Å². The van der Waals surface area contributed by atoms with E-state index in [1.54, 1.807) is 48.5 Å². The molecule has 0 aromatic heterocycles. The minimum atomic E-state index is -3.70. The molecule has 0 aliphatic carbocycles. The van der Waals surface area contributed by atoms with Crippen molar-refractivity contribution in [3.63, 3.8) is 0 Å². The van der Waals surface area contributed by atoms with Gasteiger partial charge in [-0.15, -0.1) is 0 Å². The van der Waals surface area contributed by atoms with Crippen LogP contribution in [0.1, 0.15) is 17.2 Å². The van der Waals surface area contributed by atoms with Gasteiger partial charge in [-0.3, -0.25) is 4.79 Å². The smallest absolute Gasteiger partial charge is 0.318 e. The van der Waals surface area contributed by atoms with Crippen LogP contribution in [-0.4, -0.2) is 36.6 Å². The Morgan fingerprint density at radius 2 is 1.41 bits per heavy atom. The van der Waals surface area contributed by atoms with Gasteiger partial charge in [-0.25, -0.2) is 8.42 Å². The summed E-state index contributed by atoms with van der Waals surface area (Å²) in [7, 11) is -3.70. The highest BCUT2D eigenvalue weighted by atomic mass is 32.2. The highest BCUT2D eigenvalue weighted by Gasteiger charge is 2.31. The minimum absolute atomic E-state index is 0.590. The van der Waals surface area contributed by atoms with Crippen molar-refractivity contribution in [2.24, 2.45) is 0 Å². The second-order valence-corrected chi connectivity index (χ2v) is 6.86. The normalized spacial score (nSPS) is 11.8. The highest BCUT2D eigenvalue weighted by Crippen LogP contribution is 2.30. The summed E-state index contributed by atoms with van der Waals surface area (Å²) in [5, 5.41) is 9.08. The number of nitrogens with zero attached hydrogens (tertiary/aromatic N) is 1. The molecule has 0 saturated heterocycles. The maximum atomic E-state index is 12.1. The lowest BCUT2D eigenvalue weighted by atomic mass is 9.99. The Kier molecular flexibility index (Phi) is 4.95. The molecule has 0 bridgehead atoms. The lowest BCUT2D eigenvalue weighted by Gasteiger charge is -2.29. The average molecular weight is 319 g/mol. The lowest BCUT2D eigenvalue weighted by molar-refractivity contribution is -0.137. The Hall–Kier alpha value is -2.18. The Labute approximate surface area is 129 Å². The molecule has 2 aromatic carbocycles. The van der Waals surface area contributed by atoms with Crippen LogP contribution in [0.3, 0.4) is 0 Å². The summed E-state index contributed by atoms with van der Waals surface area (Å²) < 4.78 is 25.2. The first-order chi connectivity index (χ1) is 10.4. The molecule has 2 rings (SSSR count). The second kappa shape index (κ2) is 6.72. The molecule has 0 atom stereocenters. The van der Waals surface area contributed by atoms with Crippen molar-refractivity contribution in [3.05, 3.63) is 71.8 Å². The van der Waals surface area contributed by atoms with E-state index in [9.17, 15) is 13.2 Å². The minimum Gasteiger partial charge on any atom is -0.480 e. The SMILES string of the molecule is CS(=O)(=O)N(CC(=O)O)C(c1ccccc1)c1ccccc1. The van der Waals surface area contributed by atoms with Crippen molar-refractivity contribution < 1.29 is 18.3 Å². The van der Waals surface area contributed by atoms with Crippen LogP contribution in [0.2, 0.25) is 0 Å². The molecular weight excluding hydrogens is 302 g/mol. The monoisotopic (exact) mass is 319 g/mol. The molecule has 0 unspecified atom stereocenters. The van der Waals surface area contributed by atoms with E-state index in [2.05, 4.69) is 0 Å². The number of hydrogen-bond donors (Lipinski definition) is 1. The van der Waals surface area contributed by atoms with Crippen LogP contribution >= 0.6 is 0 Å². The van der Waals surface area contributed by atoms with Crippen LogP contribution in [0.15, 0.2) is 60.7 Å². The molecule has 1 N–H and O–H groups in total. The molecule has 5 nitrogen and oxygen atoms in total. The lowest BCUT2D eigenvalue weighted by Crippen LogP contribution is -2.38. The van der Waals surface area contributed by atoms with Crippen LogP contribution in [0.4, 0.5) is 0 Å².